The summed E-state index contributed by atoms with van der Waals surface area (Å²) in [4.78, 5) is 15.0. The van der Waals surface area contributed by atoms with Crippen molar-refractivity contribution < 1.29 is 18.3 Å². The van der Waals surface area contributed by atoms with Crippen LogP contribution in [0.15, 0.2) is 6.20 Å². The Bertz CT molecular complexity index is 501. The van der Waals surface area contributed by atoms with Crippen LogP contribution in [0.5, 0.6) is 0 Å². The molecule has 1 aromatic rings. The van der Waals surface area contributed by atoms with E-state index in [9.17, 15) is 13.6 Å². The molecule has 0 fully saturated rings. The molecule has 0 aliphatic rings. The molecule has 0 amide bonds. The van der Waals surface area contributed by atoms with Crippen molar-refractivity contribution in [2.45, 2.75) is 18.2 Å². The van der Waals surface area contributed by atoms with Gasteiger partial charge in [-0.1, -0.05) is 15.9 Å². The Labute approximate surface area is 111 Å². The van der Waals surface area contributed by atoms with Crippen LogP contribution in [0.2, 0.25) is 0 Å². The monoisotopic (exact) mass is 318 g/mol. The number of carbonyl (C=O) groups is 1. The molecule has 0 unspecified atom stereocenters. The minimum absolute atomic E-state index is 0.143. The number of halogens is 3. The van der Waals surface area contributed by atoms with Crippen molar-refractivity contribution in [2.75, 3.05) is 7.11 Å². The number of rotatable bonds is 4. The highest BCUT2D eigenvalue weighted by Gasteiger charge is 2.21. The number of pyridine rings is 1. The molecule has 0 saturated carbocycles. The van der Waals surface area contributed by atoms with Crippen LogP contribution in [0.1, 0.15) is 28.8 Å². The number of methoxy groups -OCH3 is 1. The third-order valence-electron chi connectivity index (χ3n) is 2.32. The van der Waals surface area contributed by atoms with Crippen LogP contribution >= 0.6 is 15.9 Å². The highest BCUT2D eigenvalue weighted by atomic mass is 79.9. The number of nitriles is 1. The smallest absolute Gasteiger partial charge is 0.311 e. The molecule has 1 heterocycles. The molecule has 18 heavy (non-hydrogen) atoms. The zero-order valence-corrected chi connectivity index (χ0v) is 11.0. The van der Waals surface area contributed by atoms with Crippen LogP contribution in [0, 0.1) is 11.3 Å². The van der Waals surface area contributed by atoms with E-state index >= 15 is 0 Å². The Morgan fingerprint density at radius 3 is 2.78 bits per heavy atom. The lowest BCUT2D eigenvalue weighted by Gasteiger charge is -2.11. The number of hydrogen-bond donors (Lipinski definition) is 0. The van der Waals surface area contributed by atoms with E-state index in [-0.39, 0.29) is 23.0 Å². The number of hydrogen-bond acceptors (Lipinski definition) is 4. The molecule has 1 aromatic heterocycles. The molecule has 0 aliphatic heterocycles. The average molecular weight is 319 g/mol. The summed E-state index contributed by atoms with van der Waals surface area (Å²) in [6.45, 7) is 0. The van der Waals surface area contributed by atoms with Gasteiger partial charge in [-0.3, -0.25) is 9.78 Å². The van der Waals surface area contributed by atoms with Gasteiger partial charge in [-0.15, -0.1) is 0 Å². The second-order valence-corrected chi connectivity index (χ2v) is 3.87. The first-order chi connectivity index (χ1) is 8.54. The van der Waals surface area contributed by atoms with Gasteiger partial charge in [0.25, 0.3) is 6.43 Å². The average Bonchev–Trinajstić information content (AvgIpc) is 2.37. The van der Waals surface area contributed by atoms with Gasteiger partial charge in [-0.2, -0.15) is 5.26 Å². The normalized spacial score (nSPS) is 10.2. The lowest BCUT2D eigenvalue weighted by Crippen LogP contribution is -2.11. The molecular weight excluding hydrogens is 310 g/mol. The number of aromatic nitrogens is 1. The molecule has 7 heteroatoms. The summed E-state index contributed by atoms with van der Waals surface area (Å²) >= 11 is 3.11. The van der Waals surface area contributed by atoms with E-state index in [1.807, 2.05) is 0 Å². The van der Waals surface area contributed by atoms with E-state index in [1.165, 1.54) is 7.11 Å². The van der Waals surface area contributed by atoms with Crippen LogP contribution < -0.4 is 0 Å². The summed E-state index contributed by atoms with van der Waals surface area (Å²) in [6.07, 6.45) is -2.01. The minimum atomic E-state index is -2.78. The summed E-state index contributed by atoms with van der Waals surface area (Å²) in [5.74, 6) is -0.543. The van der Waals surface area contributed by atoms with Gasteiger partial charge in [-0.05, 0) is 0 Å². The SMILES string of the molecule is COC(=O)Cc1ncc(C(F)F)c(C#N)c1CBr. The Hall–Kier alpha value is -1.55. The quantitative estimate of drug-likeness (QED) is 0.632. The summed E-state index contributed by atoms with van der Waals surface area (Å²) < 4.78 is 29.9. The maximum Gasteiger partial charge on any atom is 0.311 e. The van der Waals surface area contributed by atoms with Gasteiger partial charge in [0.05, 0.1) is 30.4 Å². The lowest BCUT2D eigenvalue weighted by molar-refractivity contribution is -0.139. The van der Waals surface area contributed by atoms with Crippen molar-refractivity contribution in [3.8, 4) is 6.07 Å². The van der Waals surface area contributed by atoms with E-state index < -0.39 is 18.0 Å². The third-order valence-corrected chi connectivity index (χ3v) is 2.88. The molecule has 0 radical (unpaired) electrons. The van der Waals surface area contributed by atoms with Gasteiger partial charge in [0, 0.05) is 17.1 Å². The molecule has 0 aromatic carbocycles. The van der Waals surface area contributed by atoms with Gasteiger partial charge >= 0.3 is 5.97 Å². The van der Waals surface area contributed by atoms with E-state index in [0.717, 1.165) is 6.20 Å². The fourth-order valence-corrected chi connectivity index (χ4v) is 2.02. The first kappa shape index (κ1) is 14.5. The van der Waals surface area contributed by atoms with Crippen molar-refractivity contribution in [1.29, 1.82) is 5.26 Å². The van der Waals surface area contributed by atoms with E-state index in [2.05, 4.69) is 25.7 Å². The molecular formula is C11H9BrF2N2O2. The topological polar surface area (TPSA) is 63.0 Å². The summed E-state index contributed by atoms with van der Waals surface area (Å²) in [5, 5.41) is 9.11. The predicted octanol–water partition coefficient (Wildman–Crippen LogP) is 2.50. The Morgan fingerprint density at radius 2 is 2.33 bits per heavy atom. The second kappa shape index (κ2) is 6.40. The Balaban J connectivity index is 3.31. The van der Waals surface area contributed by atoms with Crippen LogP contribution in [0.4, 0.5) is 8.78 Å². The summed E-state index contributed by atoms with van der Waals surface area (Å²) in [7, 11) is 1.22. The zero-order valence-electron chi connectivity index (χ0n) is 9.41. The standard InChI is InChI=1S/C11H9BrF2N2O2/c1-18-10(17)2-9-6(3-12)7(4-15)8(5-16-9)11(13)14/h5,11H,2-3H2,1H3. The first-order valence-corrected chi connectivity index (χ1v) is 5.99. The Morgan fingerprint density at radius 1 is 1.67 bits per heavy atom. The van der Waals surface area contributed by atoms with E-state index in [0.29, 0.717) is 5.56 Å². The van der Waals surface area contributed by atoms with Gasteiger partial charge in [-0.25, -0.2) is 8.78 Å². The third kappa shape index (κ3) is 3.01. The van der Waals surface area contributed by atoms with Gasteiger partial charge in [0.1, 0.15) is 6.07 Å². The number of alkyl halides is 3. The van der Waals surface area contributed by atoms with Gasteiger partial charge in [0.2, 0.25) is 0 Å². The second-order valence-electron chi connectivity index (χ2n) is 3.31. The molecule has 0 bridgehead atoms. The van der Waals surface area contributed by atoms with Crippen LogP contribution in [0.25, 0.3) is 0 Å². The van der Waals surface area contributed by atoms with Crippen molar-refractivity contribution in [3.63, 3.8) is 0 Å². The fourth-order valence-electron chi connectivity index (χ4n) is 1.41. The number of carbonyl (C=O) groups excluding carboxylic acids is 1. The molecule has 4 nitrogen and oxygen atoms in total. The summed E-state index contributed by atoms with van der Waals surface area (Å²) in [5.41, 5.74) is -0.0169. The largest absolute Gasteiger partial charge is 0.469 e. The van der Waals surface area contributed by atoms with Crippen molar-refractivity contribution in [1.82, 2.24) is 4.98 Å². The van der Waals surface area contributed by atoms with Crippen molar-refractivity contribution >= 4 is 21.9 Å². The lowest BCUT2D eigenvalue weighted by atomic mass is 10.0. The molecule has 0 atom stereocenters. The van der Waals surface area contributed by atoms with Gasteiger partial charge in [0.15, 0.2) is 0 Å². The van der Waals surface area contributed by atoms with Crippen LogP contribution in [-0.2, 0) is 21.3 Å². The molecule has 0 aliphatic carbocycles. The molecule has 1 rings (SSSR count). The zero-order chi connectivity index (χ0) is 13.7. The van der Waals surface area contributed by atoms with Gasteiger partial charge < -0.3 is 4.74 Å². The first-order valence-electron chi connectivity index (χ1n) is 4.86. The maximum atomic E-state index is 12.7. The number of ether oxygens (including phenoxy) is 1. The highest BCUT2D eigenvalue weighted by Crippen LogP contribution is 2.27. The number of esters is 1. The molecule has 0 N–H and O–H groups in total. The summed E-state index contributed by atoms with van der Waals surface area (Å²) in [6, 6.07) is 1.73. The minimum Gasteiger partial charge on any atom is -0.469 e. The van der Waals surface area contributed by atoms with Crippen LogP contribution in [-0.4, -0.2) is 18.1 Å². The van der Waals surface area contributed by atoms with Crippen molar-refractivity contribution in [3.05, 3.63) is 28.6 Å². The maximum absolute atomic E-state index is 12.7. The highest BCUT2D eigenvalue weighted by molar-refractivity contribution is 9.08. The van der Waals surface area contributed by atoms with E-state index in [1.54, 1.807) is 6.07 Å². The fraction of sp³-hybridized carbons (Fsp3) is 0.364. The van der Waals surface area contributed by atoms with E-state index in [4.69, 9.17) is 5.26 Å². The number of nitrogens with zero attached hydrogens (tertiary/aromatic N) is 2. The molecule has 96 valence electrons. The van der Waals surface area contributed by atoms with Crippen molar-refractivity contribution in [2.24, 2.45) is 0 Å². The Kier molecular flexibility index (Phi) is 5.16. The molecule has 0 saturated heterocycles. The molecule has 0 spiro atoms. The predicted molar refractivity (Wildman–Crippen MR) is 62.3 cm³/mol. The van der Waals surface area contributed by atoms with Crippen LogP contribution in [0.3, 0.4) is 0 Å².